The minimum atomic E-state index is -0.895. The van der Waals surface area contributed by atoms with E-state index >= 15 is 0 Å². The SMILES string of the molecule is CCS(=O)CCn1c(=S)[nH]c2sc(C)c(C)c2c1=O. The molecule has 0 aliphatic carbocycles. The Morgan fingerprint density at radius 3 is 2.74 bits per heavy atom. The van der Waals surface area contributed by atoms with Gasteiger partial charge in [-0.3, -0.25) is 13.6 Å². The summed E-state index contributed by atoms with van der Waals surface area (Å²) in [5, 5.41) is 0.707. The van der Waals surface area contributed by atoms with Gasteiger partial charge >= 0.3 is 0 Å². The van der Waals surface area contributed by atoms with Crippen LogP contribution in [0.25, 0.3) is 10.2 Å². The highest BCUT2D eigenvalue weighted by Crippen LogP contribution is 2.25. The number of thiophene rings is 1. The number of nitrogens with one attached hydrogen (secondary N) is 1. The van der Waals surface area contributed by atoms with Gasteiger partial charge in [-0.25, -0.2) is 0 Å². The number of aromatic amines is 1. The van der Waals surface area contributed by atoms with Crippen LogP contribution in [-0.2, 0) is 17.3 Å². The minimum absolute atomic E-state index is 0.0753. The molecule has 7 heteroatoms. The smallest absolute Gasteiger partial charge is 0.263 e. The Kier molecular flexibility index (Phi) is 4.37. The van der Waals surface area contributed by atoms with Crippen molar-refractivity contribution in [3.05, 3.63) is 25.6 Å². The summed E-state index contributed by atoms with van der Waals surface area (Å²) in [6, 6.07) is 0. The molecule has 2 aromatic heterocycles. The zero-order chi connectivity index (χ0) is 14.2. The molecule has 1 N–H and O–H groups in total. The molecule has 0 bridgehead atoms. The van der Waals surface area contributed by atoms with Crippen molar-refractivity contribution in [1.82, 2.24) is 9.55 Å². The summed E-state index contributed by atoms with van der Waals surface area (Å²) in [6.45, 7) is 6.21. The van der Waals surface area contributed by atoms with Crippen LogP contribution >= 0.6 is 23.6 Å². The van der Waals surface area contributed by atoms with Crippen molar-refractivity contribution in [1.29, 1.82) is 0 Å². The van der Waals surface area contributed by atoms with Crippen LogP contribution in [0.4, 0.5) is 0 Å². The first kappa shape index (κ1) is 14.6. The predicted octanol–water partition coefficient (Wildman–Crippen LogP) is 2.51. The van der Waals surface area contributed by atoms with Gasteiger partial charge in [0, 0.05) is 33.7 Å². The second kappa shape index (κ2) is 5.68. The number of aromatic nitrogens is 2. The molecular weight excluding hydrogens is 300 g/mol. The molecule has 2 rings (SSSR count). The molecule has 0 spiro atoms. The van der Waals surface area contributed by atoms with Crippen molar-refractivity contribution in [2.45, 2.75) is 27.3 Å². The van der Waals surface area contributed by atoms with Gasteiger partial charge in [0.05, 0.1) is 5.39 Å². The van der Waals surface area contributed by atoms with E-state index in [2.05, 4.69) is 4.98 Å². The third-order valence-corrected chi connectivity index (χ3v) is 5.90. The molecule has 0 saturated heterocycles. The monoisotopic (exact) mass is 316 g/mol. The molecule has 1 unspecified atom stereocenters. The van der Waals surface area contributed by atoms with Gasteiger partial charge in [0.2, 0.25) is 0 Å². The van der Waals surface area contributed by atoms with E-state index in [9.17, 15) is 9.00 Å². The van der Waals surface area contributed by atoms with Gasteiger partial charge in [-0.1, -0.05) is 6.92 Å². The quantitative estimate of drug-likeness (QED) is 0.882. The van der Waals surface area contributed by atoms with Crippen molar-refractivity contribution in [2.75, 3.05) is 11.5 Å². The van der Waals surface area contributed by atoms with E-state index in [4.69, 9.17) is 12.2 Å². The maximum Gasteiger partial charge on any atom is 0.263 e. The van der Waals surface area contributed by atoms with Gasteiger partial charge in [-0.05, 0) is 31.6 Å². The predicted molar refractivity (Wildman–Crippen MR) is 84.3 cm³/mol. The second-order valence-electron chi connectivity index (χ2n) is 4.31. The number of rotatable bonds is 4. The fourth-order valence-electron chi connectivity index (χ4n) is 1.90. The fourth-order valence-corrected chi connectivity index (χ4v) is 3.97. The number of aryl methyl sites for hydroxylation is 2. The first-order valence-electron chi connectivity index (χ1n) is 6.03. The van der Waals surface area contributed by atoms with Crippen LogP contribution in [0.1, 0.15) is 17.4 Å². The molecule has 0 saturated carbocycles. The largest absolute Gasteiger partial charge is 0.323 e. The molecule has 0 amide bonds. The highest BCUT2D eigenvalue weighted by Gasteiger charge is 2.12. The molecule has 0 aromatic carbocycles. The van der Waals surface area contributed by atoms with Crippen LogP contribution < -0.4 is 5.56 Å². The molecule has 104 valence electrons. The fraction of sp³-hybridized carbons (Fsp3) is 0.500. The molecule has 2 aromatic rings. The molecule has 0 fully saturated rings. The highest BCUT2D eigenvalue weighted by atomic mass is 32.2. The molecule has 4 nitrogen and oxygen atoms in total. The first-order chi connectivity index (χ1) is 8.95. The molecule has 2 heterocycles. The van der Waals surface area contributed by atoms with Crippen molar-refractivity contribution < 1.29 is 4.21 Å². The van der Waals surface area contributed by atoms with E-state index in [0.717, 1.165) is 15.3 Å². The van der Waals surface area contributed by atoms with Crippen molar-refractivity contribution in [3.8, 4) is 0 Å². The Balaban J connectivity index is 2.56. The topological polar surface area (TPSA) is 54.9 Å². The van der Waals surface area contributed by atoms with E-state index in [1.807, 2.05) is 20.8 Å². The third kappa shape index (κ3) is 2.73. The van der Waals surface area contributed by atoms with E-state index in [0.29, 0.717) is 28.2 Å². The number of hydrogen-bond donors (Lipinski definition) is 1. The minimum Gasteiger partial charge on any atom is -0.323 e. The maximum absolute atomic E-state index is 12.5. The van der Waals surface area contributed by atoms with Gasteiger partial charge in [-0.2, -0.15) is 0 Å². The van der Waals surface area contributed by atoms with Gasteiger partial charge < -0.3 is 4.98 Å². The zero-order valence-electron chi connectivity index (χ0n) is 11.1. The highest BCUT2D eigenvalue weighted by molar-refractivity contribution is 7.84. The Bertz CT molecular complexity index is 755. The summed E-state index contributed by atoms with van der Waals surface area (Å²) in [7, 11) is -0.895. The van der Waals surface area contributed by atoms with Crippen molar-refractivity contribution in [3.63, 3.8) is 0 Å². The zero-order valence-corrected chi connectivity index (χ0v) is 13.6. The lowest BCUT2D eigenvalue weighted by molar-refractivity contribution is 0.665. The summed E-state index contributed by atoms with van der Waals surface area (Å²) >= 11 is 6.77. The van der Waals surface area contributed by atoms with Crippen LogP contribution in [0.2, 0.25) is 0 Å². The van der Waals surface area contributed by atoms with Crippen LogP contribution in [0.3, 0.4) is 0 Å². The number of nitrogens with zero attached hydrogens (tertiary/aromatic N) is 1. The average molecular weight is 316 g/mol. The Morgan fingerprint density at radius 1 is 1.42 bits per heavy atom. The molecule has 19 heavy (non-hydrogen) atoms. The summed E-state index contributed by atoms with van der Waals surface area (Å²) < 4.78 is 13.4. The summed E-state index contributed by atoms with van der Waals surface area (Å²) in [6.07, 6.45) is 0. The molecular formula is C12H16N2O2S3. The summed E-state index contributed by atoms with van der Waals surface area (Å²) in [5.74, 6) is 1.06. The molecule has 0 radical (unpaired) electrons. The Morgan fingerprint density at radius 2 is 2.11 bits per heavy atom. The first-order valence-corrected chi connectivity index (χ1v) is 8.74. The number of H-pyrrole nitrogens is 1. The average Bonchev–Trinajstić information content (AvgIpc) is 2.64. The van der Waals surface area contributed by atoms with E-state index < -0.39 is 10.8 Å². The molecule has 0 aliphatic rings. The van der Waals surface area contributed by atoms with Crippen molar-refractivity contribution >= 4 is 44.6 Å². The summed E-state index contributed by atoms with van der Waals surface area (Å²) in [5.41, 5.74) is 0.926. The van der Waals surface area contributed by atoms with Gasteiger partial charge in [0.25, 0.3) is 5.56 Å². The van der Waals surface area contributed by atoms with Gasteiger partial charge in [-0.15, -0.1) is 11.3 Å². The lowest BCUT2D eigenvalue weighted by Gasteiger charge is -2.06. The van der Waals surface area contributed by atoms with Crippen molar-refractivity contribution in [2.24, 2.45) is 0 Å². The van der Waals surface area contributed by atoms with Crippen LogP contribution in [0.5, 0.6) is 0 Å². The van der Waals surface area contributed by atoms with Crippen LogP contribution in [0, 0.1) is 18.6 Å². The van der Waals surface area contributed by atoms with Crippen LogP contribution in [-0.4, -0.2) is 25.3 Å². The standard InChI is InChI=1S/C12H16N2O2S3/c1-4-19(16)6-5-14-11(15)9-7(2)8(3)18-10(9)13-12(14)17/h4-6H2,1-3H3,(H,13,17). The van der Waals surface area contributed by atoms with E-state index in [1.54, 1.807) is 11.3 Å². The van der Waals surface area contributed by atoms with Crippen LogP contribution in [0.15, 0.2) is 4.79 Å². The summed E-state index contributed by atoms with van der Waals surface area (Å²) in [4.78, 5) is 17.5. The molecule has 1 atom stereocenters. The lowest BCUT2D eigenvalue weighted by Crippen LogP contribution is -2.24. The Labute approximate surface area is 122 Å². The van der Waals surface area contributed by atoms with Gasteiger partial charge in [0.15, 0.2) is 4.77 Å². The molecule has 0 aliphatic heterocycles. The second-order valence-corrected chi connectivity index (χ2v) is 7.78. The normalized spacial score (nSPS) is 13.0. The third-order valence-electron chi connectivity index (χ3n) is 3.17. The number of fused-ring (bicyclic) bond motifs is 1. The lowest BCUT2D eigenvalue weighted by atomic mass is 10.2. The van der Waals surface area contributed by atoms with E-state index in [1.165, 1.54) is 4.57 Å². The Hall–Kier alpha value is -0.790. The maximum atomic E-state index is 12.5. The van der Waals surface area contributed by atoms with E-state index in [-0.39, 0.29) is 5.56 Å². The van der Waals surface area contributed by atoms with Gasteiger partial charge in [0.1, 0.15) is 4.83 Å². The number of hydrogen-bond acceptors (Lipinski definition) is 4.